The van der Waals surface area contributed by atoms with Gasteiger partial charge in [0.2, 0.25) is 0 Å². The van der Waals surface area contributed by atoms with Crippen molar-refractivity contribution in [3.05, 3.63) is 5.82 Å². The number of esters is 1. The Kier molecular flexibility index (Phi) is 2.95. The van der Waals surface area contributed by atoms with Crippen molar-refractivity contribution in [2.75, 3.05) is 12.9 Å². The molecule has 0 spiro atoms. The summed E-state index contributed by atoms with van der Waals surface area (Å²) in [6.07, 6.45) is 2.40. The van der Waals surface area contributed by atoms with Crippen LogP contribution < -0.4 is 0 Å². The van der Waals surface area contributed by atoms with Crippen LogP contribution in [0.2, 0.25) is 0 Å². The lowest BCUT2D eigenvalue weighted by molar-refractivity contribution is -0.137. The molecule has 6 heteroatoms. The highest BCUT2D eigenvalue weighted by molar-refractivity contribution is 7.99. The Bertz CT molecular complexity index is 373. The lowest BCUT2D eigenvalue weighted by Gasteiger charge is -2.01. The lowest BCUT2D eigenvalue weighted by atomic mass is 10.4. The Hall–Kier alpha value is -1.04. The predicted octanol–water partition coefficient (Wildman–Crippen LogP) is 0.958. The number of hydrogen-bond acceptors (Lipinski definition) is 5. The Balaban J connectivity index is 1.99. The van der Waals surface area contributed by atoms with E-state index in [9.17, 15) is 4.79 Å². The van der Waals surface area contributed by atoms with Crippen molar-refractivity contribution in [3.8, 4) is 0 Å². The zero-order chi connectivity index (χ0) is 10.8. The third-order valence-corrected chi connectivity index (χ3v) is 3.35. The predicted molar refractivity (Wildman–Crippen MR) is 55.7 cm³/mol. The monoisotopic (exact) mass is 227 g/mol. The molecule has 2 rings (SSSR count). The van der Waals surface area contributed by atoms with E-state index in [4.69, 9.17) is 0 Å². The molecule has 0 N–H and O–H groups in total. The standard InChI is InChI=1S/C9H13N3O2S/c1-12-8(6-3-4-6)10-11-9(12)15-5-7(13)14-2/h6H,3-5H2,1-2H3. The first-order valence-corrected chi connectivity index (χ1v) is 5.80. The van der Waals surface area contributed by atoms with Crippen LogP contribution >= 0.6 is 11.8 Å². The smallest absolute Gasteiger partial charge is 0.316 e. The number of hydrogen-bond donors (Lipinski definition) is 0. The number of thioether (sulfide) groups is 1. The van der Waals surface area contributed by atoms with Crippen LogP contribution in [-0.4, -0.2) is 33.6 Å². The SMILES string of the molecule is COC(=O)CSc1nnc(C2CC2)n1C. The molecule has 1 aliphatic rings. The van der Waals surface area contributed by atoms with Crippen molar-refractivity contribution in [1.82, 2.24) is 14.8 Å². The molecule has 1 aromatic rings. The van der Waals surface area contributed by atoms with Crippen LogP contribution in [0.25, 0.3) is 0 Å². The third kappa shape index (κ3) is 2.31. The molecule has 5 nitrogen and oxygen atoms in total. The zero-order valence-corrected chi connectivity index (χ0v) is 9.58. The summed E-state index contributed by atoms with van der Waals surface area (Å²) in [5, 5.41) is 8.95. The molecule has 1 saturated carbocycles. The van der Waals surface area contributed by atoms with Gasteiger partial charge < -0.3 is 9.30 Å². The molecule has 0 unspecified atom stereocenters. The minimum atomic E-state index is -0.240. The first kappa shape index (κ1) is 10.5. The maximum Gasteiger partial charge on any atom is 0.316 e. The van der Waals surface area contributed by atoms with E-state index in [1.54, 1.807) is 0 Å². The molecule has 15 heavy (non-hydrogen) atoms. The van der Waals surface area contributed by atoms with Crippen molar-refractivity contribution in [2.24, 2.45) is 7.05 Å². The maximum absolute atomic E-state index is 10.9. The summed E-state index contributed by atoms with van der Waals surface area (Å²) in [6, 6.07) is 0. The van der Waals surface area contributed by atoms with Crippen molar-refractivity contribution in [1.29, 1.82) is 0 Å². The molecule has 0 aromatic carbocycles. The van der Waals surface area contributed by atoms with E-state index < -0.39 is 0 Å². The molecule has 0 bridgehead atoms. The van der Waals surface area contributed by atoms with Crippen LogP contribution in [0.15, 0.2) is 5.16 Å². The third-order valence-electron chi connectivity index (χ3n) is 2.36. The van der Waals surface area contributed by atoms with Crippen LogP contribution in [0.3, 0.4) is 0 Å². The van der Waals surface area contributed by atoms with E-state index >= 15 is 0 Å². The Morgan fingerprint density at radius 3 is 2.93 bits per heavy atom. The zero-order valence-electron chi connectivity index (χ0n) is 8.77. The average molecular weight is 227 g/mol. The second-order valence-corrected chi connectivity index (χ2v) is 4.48. The summed E-state index contributed by atoms with van der Waals surface area (Å²) in [4.78, 5) is 10.9. The number of methoxy groups -OCH3 is 1. The average Bonchev–Trinajstić information content (AvgIpc) is 3.01. The molecule has 0 amide bonds. The van der Waals surface area contributed by atoms with Gasteiger partial charge in [0.05, 0.1) is 12.9 Å². The quantitative estimate of drug-likeness (QED) is 0.566. The van der Waals surface area contributed by atoms with Gasteiger partial charge in [0.1, 0.15) is 5.82 Å². The van der Waals surface area contributed by atoms with Crippen LogP contribution in [-0.2, 0) is 16.6 Å². The largest absolute Gasteiger partial charge is 0.468 e. The van der Waals surface area contributed by atoms with Gasteiger partial charge in [-0.05, 0) is 12.8 Å². The van der Waals surface area contributed by atoms with Gasteiger partial charge in [-0.25, -0.2) is 0 Å². The van der Waals surface area contributed by atoms with Gasteiger partial charge in [-0.1, -0.05) is 11.8 Å². The molecule has 82 valence electrons. The number of carbonyl (C=O) groups excluding carboxylic acids is 1. The van der Waals surface area contributed by atoms with E-state index in [1.165, 1.54) is 31.7 Å². The summed E-state index contributed by atoms with van der Waals surface area (Å²) >= 11 is 1.36. The molecule has 1 fully saturated rings. The van der Waals surface area contributed by atoms with Gasteiger partial charge in [0.15, 0.2) is 5.16 Å². The van der Waals surface area contributed by atoms with E-state index in [0.29, 0.717) is 5.92 Å². The Morgan fingerprint density at radius 1 is 1.60 bits per heavy atom. The summed E-state index contributed by atoms with van der Waals surface area (Å²) in [6.45, 7) is 0. The van der Waals surface area contributed by atoms with Gasteiger partial charge in [-0.3, -0.25) is 4.79 Å². The van der Waals surface area contributed by atoms with Crippen LogP contribution in [0.4, 0.5) is 0 Å². The molecule has 0 atom stereocenters. The van der Waals surface area contributed by atoms with Gasteiger partial charge >= 0.3 is 5.97 Å². The highest BCUT2D eigenvalue weighted by Crippen LogP contribution is 2.39. The normalized spacial score (nSPS) is 15.3. The number of ether oxygens (including phenoxy) is 1. The molecule has 0 radical (unpaired) electrons. The van der Waals surface area contributed by atoms with Crippen LogP contribution in [0, 0.1) is 0 Å². The highest BCUT2D eigenvalue weighted by Gasteiger charge is 2.29. The minimum Gasteiger partial charge on any atom is -0.468 e. The van der Waals surface area contributed by atoms with E-state index in [1.807, 2.05) is 11.6 Å². The van der Waals surface area contributed by atoms with Gasteiger partial charge in [0.25, 0.3) is 0 Å². The van der Waals surface area contributed by atoms with Gasteiger partial charge in [-0.15, -0.1) is 10.2 Å². The van der Waals surface area contributed by atoms with Crippen molar-refractivity contribution in [2.45, 2.75) is 23.9 Å². The number of aromatic nitrogens is 3. The number of carbonyl (C=O) groups is 1. The van der Waals surface area contributed by atoms with Crippen LogP contribution in [0.5, 0.6) is 0 Å². The summed E-state index contributed by atoms with van der Waals surface area (Å²) in [5.74, 6) is 1.65. The second-order valence-electron chi connectivity index (χ2n) is 3.54. The Morgan fingerprint density at radius 2 is 2.33 bits per heavy atom. The first-order valence-electron chi connectivity index (χ1n) is 4.81. The minimum absolute atomic E-state index is 0.240. The summed E-state index contributed by atoms with van der Waals surface area (Å²) in [7, 11) is 3.32. The van der Waals surface area contributed by atoms with Crippen LogP contribution in [0.1, 0.15) is 24.6 Å². The number of nitrogens with zero attached hydrogens (tertiary/aromatic N) is 3. The fourth-order valence-corrected chi connectivity index (χ4v) is 2.08. The molecule has 1 aliphatic carbocycles. The maximum atomic E-state index is 10.9. The van der Waals surface area contributed by atoms with Crippen molar-refractivity contribution >= 4 is 17.7 Å². The number of rotatable bonds is 4. The molecular weight excluding hydrogens is 214 g/mol. The topological polar surface area (TPSA) is 57.0 Å². The summed E-state index contributed by atoms with van der Waals surface area (Å²) < 4.78 is 6.52. The van der Waals surface area contributed by atoms with E-state index in [0.717, 1.165) is 11.0 Å². The lowest BCUT2D eigenvalue weighted by Crippen LogP contribution is -2.05. The van der Waals surface area contributed by atoms with Gasteiger partial charge in [-0.2, -0.15) is 0 Å². The molecule has 1 heterocycles. The highest BCUT2D eigenvalue weighted by atomic mass is 32.2. The first-order chi connectivity index (χ1) is 7.22. The van der Waals surface area contributed by atoms with E-state index in [-0.39, 0.29) is 11.7 Å². The van der Waals surface area contributed by atoms with Gasteiger partial charge in [0, 0.05) is 13.0 Å². The second kappa shape index (κ2) is 4.22. The van der Waals surface area contributed by atoms with E-state index in [2.05, 4.69) is 14.9 Å². The fraction of sp³-hybridized carbons (Fsp3) is 0.667. The fourth-order valence-electron chi connectivity index (χ4n) is 1.33. The van der Waals surface area contributed by atoms with Crippen molar-refractivity contribution < 1.29 is 9.53 Å². The summed E-state index contributed by atoms with van der Waals surface area (Å²) in [5.41, 5.74) is 0. The molecular formula is C9H13N3O2S. The Labute approximate surface area is 92.2 Å². The molecule has 0 aliphatic heterocycles. The van der Waals surface area contributed by atoms with Crippen molar-refractivity contribution in [3.63, 3.8) is 0 Å². The molecule has 0 saturated heterocycles. The molecule has 1 aromatic heterocycles.